The molecule has 1 amide bonds. The van der Waals surface area contributed by atoms with Crippen LogP contribution in [0.4, 0.5) is 4.39 Å². The lowest BCUT2D eigenvalue weighted by molar-refractivity contribution is -0.146. The predicted octanol–water partition coefficient (Wildman–Crippen LogP) is 2.60. The molecule has 0 heterocycles. The maximum Gasteiger partial charge on any atom is 0.308 e. The Hall–Kier alpha value is -1.91. The van der Waals surface area contributed by atoms with Crippen molar-refractivity contribution in [2.75, 3.05) is 7.11 Å². The first kappa shape index (κ1) is 15.5. The van der Waals surface area contributed by atoms with Crippen molar-refractivity contribution in [2.24, 2.45) is 5.92 Å². The van der Waals surface area contributed by atoms with Gasteiger partial charge in [0.15, 0.2) is 0 Å². The second-order valence-corrected chi connectivity index (χ2v) is 5.51. The monoisotopic (exact) mass is 293 g/mol. The van der Waals surface area contributed by atoms with Gasteiger partial charge in [-0.15, -0.1) is 0 Å². The van der Waals surface area contributed by atoms with E-state index in [0.29, 0.717) is 24.0 Å². The highest BCUT2D eigenvalue weighted by Crippen LogP contribution is 2.25. The highest BCUT2D eigenvalue weighted by atomic mass is 19.1. The second-order valence-electron chi connectivity index (χ2n) is 5.51. The Morgan fingerprint density at radius 1 is 1.24 bits per heavy atom. The minimum Gasteiger partial charge on any atom is -0.469 e. The van der Waals surface area contributed by atoms with Crippen LogP contribution in [-0.2, 0) is 9.53 Å². The number of hydrogen-bond acceptors (Lipinski definition) is 3. The standard InChI is InChI=1S/C16H20FNO3/c1-10-3-4-12(9-14(10)17)15(19)18-13-7-5-11(6-8-13)16(20)21-2/h3-4,9,11,13H,5-8H2,1-2H3,(H,18,19). The summed E-state index contributed by atoms with van der Waals surface area (Å²) in [5.74, 6) is -0.896. The van der Waals surface area contributed by atoms with Gasteiger partial charge in [0.1, 0.15) is 5.82 Å². The van der Waals surface area contributed by atoms with Crippen molar-refractivity contribution in [3.8, 4) is 0 Å². The Balaban J connectivity index is 1.89. The molecule has 1 saturated carbocycles. The maximum atomic E-state index is 13.5. The van der Waals surface area contributed by atoms with Crippen LogP contribution in [0.1, 0.15) is 41.6 Å². The molecule has 0 saturated heterocycles. The van der Waals surface area contributed by atoms with E-state index in [4.69, 9.17) is 4.74 Å². The van der Waals surface area contributed by atoms with Crippen LogP contribution in [0.2, 0.25) is 0 Å². The van der Waals surface area contributed by atoms with Crippen molar-refractivity contribution in [1.82, 2.24) is 5.32 Å². The van der Waals surface area contributed by atoms with E-state index in [-0.39, 0.29) is 29.7 Å². The van der Waals surface area contributed by atoms with Crippen molar-refractivity contribution in [1.29, 1.82) is 0 Å². The van der Waals surface area contributed by atoms with Crippen molar-refractivity contribution < 1.29 is 18.7 Å². The van der Waals surface area contributed by atoms with Gasteiger partial charge >= 0.3 is 5.97 Å². The molecule has 4 nitrogen and oxygen atoms in total. The summed E-state index contributed by atoms with van der Waals surface area (Å²) in [5, 5.41) is 2.90. The zero-order valence-corrected chi connectivity index (χ0v) is 12.3. The van der Waals surface area contributed by atoms with Gasteiger partial charge in [-0.1, -0.05) is 6.07 Å². The first-order valence-corrected chi connectivity index (χ1v) is 7.16. The summed E-state index contributed by atoms with van der Waals surface area (Å²) >= 11 is 0. The zero-order chi connectivity index (χ0) is 15.4. The van der Waals surface area contributed by atoms with Gasteiger partial charge in [-0.05, 0) is 50.3 Å². The molecule has 0 atom stereocenters. The Kier molecular flexibility index (Phi) is 4.94. The second kappa shape index (κ2) is 6.70. The van der Waals surface area contributed by atoms with Crippen molar-refractivity contribution in [2.45, 2.75) is 38.6 Å². The molecular formula is C16H20FNO3. The number of ether oxygens (including phenoxy) is 1. The third-order valence-electron chi connectivity index (χ3n) is 4.03. The van der Waals surface area contributed by atoms with E-state index in [1.807, 2.05) is 0 Å². The number of carbonyl (C=O) groups is 2. The number of halogens is 1. The average molecular weight is 293 g/mol. The van der Waals surface area contributed by atoms with Crippen LogP contribution < -0.4 is 5.32 Å². The van der Waals surface area contributed by atoms with Crippen LogP contribution in [0.25, 0.3) is 0 Å². The summed E-state index contributed by atoms with van der Waals surface area (Å²) in [7, 11) is 1.39. The van der Waals surface area contributed by atoms with Crippen molar-refractivity contribution >= 4 is 11.9 Å². The van der Waals surface area contributed by atoms with Gasteiger partial charge in [-0.3, -0.25) is 9.59 Å². The number of hydrogen-bond donors (Lipinski definition) is 1. The van der Waals surface area contributed by atoms with Gasteiger partial charge in [0.25, 0.3) is 5.91 Å². The van der Waals surface area contributed by atoms with Crippen LogP contribution in [0.15, 0.2) is 18.2 Å². The van der Waals surface area contributed by atoms with E-state index in [0.717, 1.165) is 12.8 Å². The number of methoxy groups -OCH3 is 1. The van der Waals surface area contributed by atoms with Gasteiger partial charge in [0.2, 0.25) is 0 Å². The van der Waals surface area contributed by atoms with E-state index >= 15 is 0 Å². The largest absolute Gasteiger partial charge is 0.469 e. The summed E-state index contributed by atoms with van der Waals surface area (Å²) in [6.07, 6.45) is 2.89. The topological polar surface area (TPSA) is 55.4 Å². The molecule has 0 aromatic heterocycles. The molecule has 114 valence electrons. The number of carbonyl (C=O) groups excluding carboxylic acids is 2. The number of rotatable bonds is 3. The summed E-state index contributed by atoms with van der Waals surface area (Å²) in [6, 6.07) is 4.50. The first-order valence-electron chi connectivity index (χ1n) is 7.16. The van der Waals surface area contributed by atoms with Gasteiger partial charge in [-0.2, -0.15) is 0 Å². The number of amides is 1. The Morgan fingerprint density at radius 3 is 2.48 bits per heavy atom. The normalized spacial score (nSPS) is 21.7. The number of nitrogens with one attached hydrogen (secondary N) is 1. The first-order chi connectivity index (χ1) is 10.0. The molecule has 1 aromatic rings. The van der Waals surface area contributed by atoms with E-state index in [1.165, 1.54) is 13.2 Å². The SMILES string of the molecule is COC(=O)C1CCC(NC(=O)c2ccc(C)c(F)c2)CC1. The molecule has 0 bridgehead atoms. The predicted molar refractivity (Wildman–Crippen MR) is 76.4 cm³/mol. The molecule has 1 aliphatic carbocycles. The minimum absolute atomic E-state index is 0.0303. The van der Waals surface area contributed by atoms with Crippen LogP contribution in [0.3, 0.4) is 0 Å². The van der Waals surface area contributed by atoms with E-state index < -0.39 is 0 Å². The van der Waals surface area contributed by atoms with Crippen LogP contribution in [0.5, 0.6) is 0 Å². The van der Waals surface area contributed by atoms with Gasteiger partial charge < -0.3 is 10.1 Å². The smallest absolute Gasteiger partial charge is 0.308 e. The number of esters is 1. The third-order valence-corrected chi connectivity index (χ3v) is 4.03. The van der Waals surface area contributed by atoms with Crippen LogP contribution in [0, 0.1) is 18.7 Å². The summed E-state index contributed by atoms with van der Waals surface area (Å²) in [6.45, 7) is 1.66. The highest BCUT2D eigenvalue weighted by Gasteiger charge is 2.27. The van der Waals surface area contributed by atoms with Gasteiger partial charge in [0.05, 0.1) is 13.0 Å². The molecular weight excluding hydrogens is 273 g/mol. The van der Waals surface area contributed by atoms with E-state index in [1.54, 1.807) is 19.1 Å². The Morgan fingerprint density at radius 2 is 1.90 bits per heavy atom. The summed E-state index contributed by atoms with van der Waals surface area (Å²) in [5.41, 5.74) is 0.846. The molecule has 5 heteroatoms. The zero-order valence-electron chi connectivity index (χ0n) is 12.3. The average Bonchev–Trinajstić information content (AvgIpc) is 2.50. The molecule has 1 N–H and O–H groups in total. The Bertz CT molecular complexity index is 536. The third kappa shape index (κ3) is 3.80. The molecule has 0 unspecified atom stereocenters. The highest BCUT2D eigenvalue weighted by molar-refractivity contribution is 5.94. The lowest BCUT2D eigenvalue weighted by Gasteiger charge is -2.27. The maximum absolute atomic E-state index is 13.5. The summed E-state index contributed by atoms with van der Waals surface area (Å²) < 4.78 is 18.2. The number of aryl methyl sites for hydroxylation is 1. The van der Waals surface area contributed by atoms with Crippen LogP contribution >= 0.6 is 0 Å². The molecule has 1 fully saturated rings. The van der Waals surface area contributed by atoms with Crippen molar-refractivity contribution in [3.05, 3.63) is 35.1 Å². The van der Waals surface area contributed by atoms with Crippen LogP contribution in [-0.4, -0.2) is 25.0 Å². The molecule has 0 aliphatic heterocycles. The Labute approximate surface area is 123 Å². The van der Waals surface area contributed by atoms with E-state index in [2.05, 4.69) is 5.32 Å². The summed E-state index contributed by atoms with van der Waals surface area (Å²) in [4.78, 5) is 23.5. The lowest BCUT2D eigenvalue weighted by atomic mass is 9.86. The fourth-order valence-corrected chi connectivity index (χ4v) is 2.64. The molecule has 0 spiro atoms. The van der Waals surface area contributed by atoms with E-state index in [9.17, 15) is 14.0 Å². The molecule has 21 heavy (non-hydrogen) atoms. The minimum atomic E-state index is -0.378. The quantitative estimate of drug-likeness (QED) is 0.872. The molecule has 2 rings (SSSR count). The van der Waals surface area contributed by atoms with Crippen molar-refractivity contribution in [3.63, 3.8) is 0 Å². The fourth-order valence-electron chi connectivity index (χ4n) is 2.64. The van der Waals surface area contributed by atoms with Gasteiger partial charge in [-0.25, -0.2) is 4.39 Å². The lowest BCUT2D eigenvalue weighted by Crippen LogP contribution is -2.38. The fraction of sp³-hybridized carbons (Fsp3) is 0.500. The molecule has 1 aromatic carbocycles. The number of benzene rings is 1. The molecule has 0 radical (unpaired) electrons. The molecule has 1 aliphatic rings. The van der Waals surface area contributed by atoms with Gasteiger partial charge in [0, 0.05) is 11.6 Å².